The largest absolute Gasteiger partial charge is 0.317 e. The maximum atomic E-state index is 4.25. The second kappa shape index (κ2) is 7.09. The van der Waals surface area contributed by atoms with Gasteiger partial charge in [0.15, 0.2) is 0 Å². The average Bonchev–Trinajstić information content (AvgIpc) is 2.85. The van der Waals surface area contributed by atoms with Gasteiger partial charge in [-0.3, -0.25) is 4.68 Å². The van der Waals surface area contributed by atoms with Crippen LogP contribution in [0.3, 0.4) is 0 Å². The lowest BCUT2D eigenvalue weighted by Crippen LogP contribution is -2.36. The highest BCUT2D eigenvalue weighted by molar-refractivity contribution is 5.04. The summed E-state index contributed by atoms with van der Waals surface area (Å²) in [5.74, 6) is 1.84. The van der Waals surface area contributed by atoms with E-state index in [-0.39, 0.29) is 0 Å². The maximum Gasteiger partial charge on any atom is 0.0521 e. The predicted octanol–water partition coefficient (Wildman–Crippen LogP) is 3.16. The molecule has 1 N–H and O–H groups in total. The molecule has 1 aromatic rings. The monoisotopic (exact) mass is 263 g/mol. The minimum atomic E-state index is 0.676. The highest BCUT2D eigenvalue weighted by atomic mass is 15.2. The molecule has 1 aliphatic carbocycles. The molecule has 0 radical (unpaired) electrons. The number of hydrogen-bond acceptors (Lipinski definition) is 2. The molecule has 1 saturated carbocycles. The Balaban J connectivity index is 1.85. The zero-order valence-electron chi connectivity index (χ0n) is 12.7. The summed E-state index contributed by atoms with van der Waals surface area (Å²) in [4.78, 5) is 0. The number of aryl methyl sites for hydroxylation is 2. The summed E-state index contributed by atoms with van der Waals surface area (Å²) in [6.45, 7) is 2.34. The van der Waals surface area contributed by atoms with Crippen molar-refractivity contribution in [2.24, 2.45) is 18.9 Å². The van der Waals surface area contributed by atoms with Gasteiger partial charge in [0.2, 0.25) is 0 Å². The molecular formula is C16H29N3. The first-order chi connectivity index (χ1) is 9.22. The van der Waals surface area contributed by atoms with Gasteiger partial charge in [0.25, 0.3) is 0 Å². The van der Waals surface area contributed by atoms with Crippen molar-refractivity contribution in [3.05, 3.63) is 18.0 Å². The van der Waals surface area contributed by atoms with Gasteiger partial charge in [0, 0.05) is 19.3 Å². The molecule has 0 aliphatic heterocycles. The van der Waals surface area contributed by atoms with Gasteiger partial charge in [-0.05, 0) is 50.1 Å². The van der Waals surface area contributed by atoms with Crippen molar-refractivity contribution in [1.82, 2.24) is 15.1 Å². The lowest BCUT2D eigenvalue weighted by atomic mass is 9.76. The van der Waals surface area contributed by atoms with E-state index in [4.69, 9.17) is 0 Å². The summed E-state index contributed by atoms with van der Waals surface area (Å²) in [6.07, 6.45) is 13.6. The van der Waals surface area contributed by atoms with Crippen molar-refractivity contribution < 1.29 is 0 Å². The molecule has 1 fully saturated rings. The highest BCUT2D eigenvalue weighted by Crippen LogP contribution is 2.33. The molecule has 3 heteroatoms. The fraction of sp³-hybridized carbons (Fsp3) is 0.812. The Bertz CT molecular complexity index is 372. The summed E-state index contributed by atoms with van der Waals surface area (Å²) in [6, 6.07) is 0.676. The predicted molar refractivity (Wildman–Crippen MR) is 80.1 cm³/mol. The normalized spacial score (nSPS) is 25.4. The van der Waals surface area contributed by atoms with Crippen LogP contribution in [0.4, 0.5) is 0 Å². The Labute approximate surface area is 117 Å². The van der Waals surface area contributed by atoms with Gasteiger partial charge in [-0.1, -0.05) is 26.2 Å². The summed E-state index contributed by atoms with van der Waals surface area (Å²) < 4.78 is 1.90. The second-order valence-electron chi connectivity index (χ2n) is 6.16. The van der Waals surface area contributed by atoms with Crippen molar-refractivity contribution in [2.75, 3.05) is 7.05 Å². The van der Waals surface area contributed by atoms with Gasteiger partial charge < -0.3 is 5.32 Å². The smallest absolute Gasteiger partial charge is 0.0521 e. The topological polar surface area (TPSA) is 29.9 Å². The first-order valence-electron chi connectivity index (χ1n) is 7.87. The first kappa shape index (κ1) is 14.6. The minimum Gasteiger partial charge on any atom is -0.317 e. The highest BCUT2D eigenvalue weighted by Gasteiger charge is 2.26. The van der Waals surface area contributed by atoms with Crippen molar-refractivity contribution in [3.8, 4) is 0 Å². The summed E-state index contributed by atoms with van der Waals surface area (Å²) in [5, 5.41) is 7.82. The second-order valence-corrected chi connectivity index (χ2v) is 6.16. The molecule has 108 valence electrons. The number of aromatic nitrogens is 2. The summed E-state index contributed by atoms with van der Waals surface area (Å²) >= 11 is 0. The van der Waals surface area contributed by atoms with Gasteiger partial charge in [0.05, 0.1) is 6.20 Å². The van der Waals surface area contributed by atoms with Crippen LogP contribution < -0.4 is 5.32 Å². The Morgan fingerprint density at radius 1 is 1.47 bits per heavy atom. The van der Waals surface area contributed by atoms with Crippen LogP contribution in [0.15, 0.2) is 12.4 Å². The molecular weight excluding hydrogens is 234 g/mol. The molecule has 19 heavy (non-hydrogen) atoms. The molecule has 0 amide bonds. The van der Waals surface area contributed by atoms with Crippen molar-refractivity contribution in [1.29, 1.82) is 0 Å². The van der Waals surface area contributed by atoms with Gasteiger partial charge in [-0.2, -0.15) is 5.10 Å². The minimum absolute atomic E-state index is 0.676. The van der Waals surface area contributed by atoms with Crippen LogP contribution in [-0.2, 0) is 13.5 Å². The molecule has 3 unspecified atom stereocenters. The van der Waals surface area contributed by atoms with E-state index in [1.54, 1.807) is 0 Å². The van der Waals surface area contributed by atoms with Gasteiger partial charge in [-0.15, -0.1) is 0 Å². The molecule has 0 spiro atoms. The van der Waals surface area contributed by atoms with E-state index in [9.17, 15) is 0 Å². The van der Waals surface area contributed by atoms with Crippen LogP contribution >= 0.6 is 0 Å². The van der Waals surface area contributed by atoms with Crippen molar-refractivity contribution >= 4 is 0 Å². The Kier molecular flexibility index (Phi) is 5.44. The van der Waals surface area contributed by atoms with Gasteiger partial charge >= 0.3 is 0 Å². The SMILES string of the molecule is CCC1CCCC(C(CCc2cnn(C)c2)NC)C1. The molecule has 0 bridgehead atoms. The van der Waals surface area contributed by atoms with E-state index in [0.717, 1.165) is 18.3 Å². The standard InChI is InChI=1S/C16H29N3/c1-4-13-6-5-7-15(10-13)16(17-2)9-8-14-11-18-19(3)12-14/h11-13,15-17H,4-10H2,1-3H3. The quantitative estimate of drug-likeness (QED) is 0.854. The molecule has 0 saturated heterocycles. The van der Waals surface area contributed by atoms with E-state index in [1.165, 1.54) is 44.1 Å². The third kappa shape index (κ3) is 4.07. The van der Waals surface area contributed by atoms with Crippen LogP contribution in [0.5, 0.6) is 0 Å². The Hall–Kier alpha value is -0.830. The number of hydrogen-bond donors (Lipinski definition) is 1. The zero-order valence-corrected chi connectivity index (χ0v) is 12.7. The third-order valence-corrected chi connectivity index (χ3v) is 4.84. The number of rotatable bonds is 6. The first-order valence-corrected chi connectivity index (χ1v) is 7.87. The molecule has 1 heterocycles. The Morgan fingerprint density at radius 3 is 2.95 bits per heavy atom. The molecule has 3 nitrogen and oxygen atoms in total. The van der Waals surface area contributed by atoms with E-state index in [2.05, 4.69) is 30.6 Å². The van der Waals surface area contributed by atoms with Crippen LogP contribution in [0.1, 0.15) is 51.0 Å². The number of nitrogens with one attached hydrogen (secondary N) is 1. The zero-order chi connectivity index (χ0) is 13.7. The fourth-order valence-electron chi connectivity index (χ4n) is 3.61. The maximum absolute atomic E-state index is 4.25. The summed E-state index contributed by atoms with van der Waals surface area (Å²) in [7, 11) is 4.12. The molecule has 3 atom stereocenters. The van der Waals surface area contributed by atoms with Crippen LogP contribution in [-0.4, -0.2) is 22.9 Å². The van der Waals surface area contributed by atoms with Crippen molar-refractivity contribution in [3.63, 3.8) is 0 Å². The van der Waals surface area contributed by atoms with Crippen LogP contribution in [0.2, 0.25) is 0 Å². The van der Waals surface area contributed by atoms with Gasteiger partial charge in [-0.25, -0.2) is 0 Å². The third-order valence-electron chi connectivity index (χ3n) is 4.84. The fourth-order valence-corrected chi connectivity index (χ4v) is 3.61. The molecule has 1 aliphatic rings. The number of nitrogens with zero attached hydrogens (tertiary/aromatic N) is 2. The average molecular weight is 263 g/mol. The van der Waals surface area contributed by atoms with E-state index in [0.29, 0.717) is 6.04 Å². The lowest BCUT2D eigenvalue weighted by Gasteiger charge is -2.34. The van der Waals surface area contributed by atoms with Crippen LogP contribution in [0, 0.1) is 11.8 Å². The lowest BCUT2D eigenvalue weighted by molar-refractivity contribution is 0.207. The van der Waals surface area contributed by atoms with Crippen LogP contribution in [0.25, 0.3) is 0 Å². The summed E-state index contributed by atoms with van der Waals surface area (Å²) in [5.41, 5.74) is 1.37. The van der Waals surface area contributed by atoms with E-state index < -0.39 is 0 Å². The molecule has 0 aromatic carbocycles. The molecule has 1 aromatic heterocycles. The Morgan fingerprint density at radius 2 is 2.32 bits per heavy atom. The van der Waals surface area contributed by atoms with E-state index in [1.807, 2.05) is 17.9 Å². The van der Waals surface area contributed by atoms with Gasteiger partial charge in [0.1, 0.15) is 0 Å². The van der Waals surface area contributed by atoms with Crippen molar-refractivity contribution in [2.45, 2.75) is 57.9 Å². The van der Waals surface area contributed by atoms with E-state index >= 15 is 0 Å². The molecule has 2 rings (SSSR count).